The number of amides is 1. The highest BCUT2D eigenvalue weighted by atomic mass is 16.6. The van der Waals surface area contributed by atoms with Crippen LogP contribution < -0.4 is 20.5 Å². The van der Waals surface area contributed by atoms with Crippen molar-refractivity contribution in [2.45, 2.75) is 33.2 Å². The Morgan fingerprint density at radius 3 is 2.60 bits per heavy atom. The molecule has 0 atom stereocenters. The first kappa shape index (κ1) is 21.4. The first-order chi connectivity index (χ1) is 14.2. The number of ether oxygens (including phenoxy) is 2. The highest BCUT2D eigenvalue weighted by Gasteiger charge is 2.19. The van der Waals surface area contributed by atoms with Gasteiger partial charge in [-0.15, -0.1) is 5.10 Å². The van der Waals surface area contributed by atoms with Crippen LogP contribution in [0.2, 0.25) is 0 Å². The summed E-state index contributed by atoms with van der Waals surface area (Å²) in [4.78, 5) is 12.4. The molecule has 160 valence electrons. The van der Waals surface area contributed by atoms with Gasteiger partial charge in [0.2, 0.25) is 5.88 Å². The quantitative estimate of drug-likeness (QED) is 0.643. The molecule has 9 heteroatoms. The van der Waals surface area contributed by atoms with Crippen molar-refractivity contribution in [3.8, 4) is 22.9 Å². The number of nitrogens with two attached hydrogens (primary N) is 1. The number of carbonyl (C=O) groups excluding carboxylic acids is 1. The Balaban J connectivity index is 1.79. The molecule has 0 aliphatic heterocycles. The molecular formula is C21H28N6O3. The van der Waals surface area contributed by atoms with E-state index in [0.717, 1.165) is 17.0 Å². The van der Waals surface area contributed by atoms with E-state index >= 15 is 0 Å². The fraction of sp³-hybridized carbons (Fsp3) is 0.381. The molecule has 3 rings (SSSR count). The number of hydrogen-bond acceptors (Lipinski definition) is 6. The summed E-state index contributed by atoms with van der Waals surface area (Å²) in [7, 11) is 1.84. The van der Waals surface area contributed by atoms with E-state index in [9.17, 15) is 4.79 Å². The molecule has 1 aromatic carbocycles. The third kappa shape index (κ3) is 4.80. The number of carbonyl (C=O) groups is 1. The fourth-order valence-corrected chi connectivity index (χ4v) is 3.15. The summed E-state index contributed by atoms with van der Waals surface area (Å²) < 4.78 is 14.7. The molecule has 3 N–H and O–H groups in total. The van der Waals surface area contributed by atoms with Crippen LogP contribution in [-0.2, 0) is 12.6 Å². The van der Waals surface area contributed by atoms with Gasteiger partial charge in [-0.2, -0.15) is 5.10 Å². The van der Waals surface area contributed by atoms with E-state index in [1.165, 1.54) is 0 Å². The fourth-order valence-electron chi connectivity index (χ4n) is 3.15. The van der Waals surface area contributed by atoms with Crippen LogP contribution in [0.4, 0.5) is 10.5 Å². The van der Waals surface area contributed by atoms with Crippen LogP contribution in [0.1, 0.15) is 26.5 Å². The van der Waals surface area contributed by atoms with Gasteiger partial charge in [0, 0.05) is 42.8 Å². The van der Waals surface area contributed by atoms with Crippen molar-refractivity contribution in [1.82, 2.24) is 19.6 Å². The largest absolute Gasteiger partial charge is 0.492 e. The summed E-state index contributed by atoms with van der Waals surface area (Å²) in [5.41, 5.74) is 8.45. The van der Waals surface area contributed by atoms with Crippen LogP contribution in [-0.4, -0.2) is 38.8 Å². The minimum absolute atomic E-state index is 0.209. The Labute approximate surface area is 175 Å². The van der Waals surface area contributed by atoms with Crippen molar-refractivity contribution in [2.24, 2.45) is 12.8 Å². The van der Waals surface area contributed by atoms with Gasteiger partial charge >= 0.3 is 6.09 Å². The zero-order valence-electron chi connectivity index (χ0n) is 18.0. The van der Waals surface area contributed by atoms with E-state index in [0.29, 0.717) is 24.6 Å². The summed E-state index contributed by atoms with van der Waals surface area (Å²) in [5.74, 6) is 0.900. The highest BCUT2D eigenvalue weighted by molar-refractivity contribution is 5.87. The van der Waals surface area contributed by atoms with E-state index < -0.39 is 6.09 Å². The lowest BCUT2D eigenvalue weighted by atomic mass is 10.1. The van der Waals surface area contributed by atoms with Crippen LogP contribution in [0.5, 0.6) is 11.6 Å². The number of nitrogens with one attached hydrogen (secondary N) is 1. The lowest BCUT2D eigenvalue weighted by Crippen LogP contribution is -2.24. The molecule has 0 unspecified atom stereocenters. The second-order valence-corrected chi connectivity index (χ2v) is 7.91. The highest BCUT2D eigenvalue weighted by Crippen LogP contribution is 2.32. The molecule has 0 radical (unpaired) electrons. The topological polar surface area (TPSA) is 109 Å². The average molecular weight is 412 g/mol. The molecule has 2 aromatic heterocycles. The number of nitrogens with zero attached hydrogens (tertiary/aromatic N) is 4. The van der Waals surface area contributed by atoms with Crippen molar-refractivity contribution in [3.63, 3.8) is 0 Å². The molecule has 0 spiro atoms. The predicted octanol–water partition coefficient (Wildman–Crippen LogP) is 3.30. The molecule has 0 saturated carbocycles. The van der Waals surface area contributed by atoms with Crippen molar-refractivity contribution >= 4 is 11.8 Å². The summed E-state index contributed by atoms with van der Waals surface area (Å²) in [6, 6.07) is 8.94. The van der Waals surface area contributed by atoms with Gasteiger partial charge in [0.1, 0.15) is 12.4 Å². The Hall–Kier alpha value is -3.33. The molecule has 9 nitrogen and oxygen atoms in total. The summed E-state index contributed by atoms with van der Waals surface area (Å²) in [6.45, 7) is 8.80. The summed E-state index contributed by atoms with van der Waals surface area (Å²) in [6.07, 6.45) is 1.07. The van der Waals surface area contributed by atoms with Crippen LogP contribution in [0.15, 0.2) is 36.5 Å². The first-order valence-corrected chi connectivity index (χ1v) is 9.70. The van der Waals surface area contributed by atoms with Crippen LogP contribution in [0, 0.1) is 6.92 Å². The Bertz CT molecular complexity index is 1030. The molecule has 0 bridgehead atoms. The van der Waals surface area contributed by atoms with Crippen molar-refractivity contribution < 1.29 is 14.3 Å². The van der Waals surface area contributed by atoms with E-state index in [2.05, 4.69) is 15.5 Å². The summed E-state index contributed by atoms with van der Waals surface area (Å²) in [5, 5.41) is 11.3. The number of rotatable bonds is 6. The van der Waals surface area contributed by atoms with Gasteiger partial charge in [0.25, 0.3) is 0 Å². The second-order valence-electron chi connectivity index (χ2n) is 7.91. The van der Waals surface area contributed by atoms with Crippen molar-refractivity contribution in [3.05, 3.63) is 42.2 Å². The molecule has 2 heterocycles. The van der Waals surface area contributed by atoms with Gasteiger partial charge in [-0.1, -0.05) is 0 Å². The van der Waals surface area contributed by atoms with Crippen LogP contribution in [0.3, 0.4) is 0 Å². The lowest BCUT2D eigenvalue weighted by molar-refractivity contribution is 0.211. The SMILES string of the molecule is Cc1cc(OC(=O)Nc2ccc(OCCN)c(-c3ccnn3C)c2)nn1C(C)(C)C. The number of benzene rings is 1. The smallest absolute Gasteiger partial charge is 0.418 e. The third-order valence-electron chi connectivity index (χ3n) is 4.40. The summed E-state index contributed by atoms with van der Waals surface area (Å²) >= 11 is 0. The Morgan fingerprint density at radius 2 is 2.00 bits per heavy atom. The van der Waals surface area contributed by atoms with E-state index in [1.807, 2.05) is 51.6 Å². The number of hydrogen-bond donors (Lipinski definition) is 2. The van der Waals surface area contributed by atoms with E-state index in [4.69, 9.17) is 15.2 Å². The first-order valence-electron chi connectivity index (χ1n) is 9.70. The molecular weight excluding hydrogens is 384 g/mol. The zero-order valence-corrected chi connectivity index (χ0v) is 18.0. The minimum Gasteiger partial charge on any atom is -0.492 e. The standard InChI is InChI=1S/C21H28N6O3/c1-14-12-19(25-27(14)21(2,3)4)30-20(28)24-15-6-7-18(29-11-9-22)16(13-15)17-8-10-23-26(17)5/h6-8,10,12-13H,9,11,22H2,1-5H3,(H,24,28). The zero-order chi connectivity index (χ0) is 21.9. The van der Waals surface area contributed by atoms with Gasteiger partial charge in [0.15, 0.2) is 0 Å². The van der Waals surface area contributed by atoms with E-state index in [-0.39, 0.29) is 11.4 Å². The molecule has 30 heavy (non-hydrogen) atoms. The van der Waals surface area contributed by atoms with Crippen molar-refractivity contribution in [2.75, 3.05) is 18.5 Å². The van der Waals surface area contributed by atoms with E-state index in [1.54, 1.807) is 29.1 Å². The second kappa shape index (κ2) is 8.58. The van der Waals surface area contributed by atoms with Crippen LogP contribution >= 0.6 is 0 Å². The van der Waals surface area contributed by atoms with Gasteiger partial charge < -0.3 is 15.2 Å². The van der Waals surface area contributed by atoms with Gasteiger partial charge in [-0.25, -0.2) is 4.79 Å². The monoisotopic (exact) mass is 412 g/mol. The Kier molecular flexibility index (Phi) is 6.12. The molecule has 1 amide bonds. The van der Waals surface area contributed by atoms with Crippen molar-refractivity contribution in [1.29, 1.82) is 0 Å². The molecule has 0 fully saturated rings. The minimum atomic E-state index is -0.625. The maximum absolute atomic E-state index is 12.4. The van der Waals surface area contributed by atoms with Gasteiger partial charge in [0.05, 0.1) is 11.2 Å². The maximum atomic E-state index is 12.4. The number of aromatic nitrogens is 4. The predicted molar refractivity (Wildman–Crippen MR) is 115 cm³/mol. The van der Waals surface area contributed by atoms with Gasteiger partial charge in [-0.3, -0.25) is 14.7 Å². The maximum Gasteiger partial charge on any atom is 0.418 e. The third-order valence-corrected chi connectivity index (χ3v) is 4.40. The molecule has 0 saturated heterocycles. The van der Waals surface area contributed by atoms with Crippen LogP contribution in [0.25, 0.3) is 11.3 Å². The number of aryl methyl sites for hydroxylation is 2. The molecule has 3 aromatic rings. The lowest BCUT2D eigenvalue weighted by Gasteiger charge is -2.20. The normalized spacial score (nSPS) is 11.4. The average Bonchev–Trinajstić information content (AvgIpc) is 3.25. The Morgan fingerprint density at radius 1 is 1.23 bits per heavy atom. The molecule has 0 aliphatic rings. The number of anilines is 1. The molecule has 0 aliphatic carbocycles. The van der Waals surface area contributed by atoms with Gasteiger partial charge in [-0.05, 0) is 52.0 Å².